The second-order valence-electron chi connectivity index (χ2n) is 16.5. The maximum absolute atomic E-state index is 14.0. The fraction of sp³-hybridized carbons (Fsp3) is 0.675. The Morgan fingerprint density at radius 1 is 0.493 bits per heavy atom. The number of thiol groups is 1. The summed E-state index contributed by atoms with van der Waals surface area (Å²) in [6.45, 7) is 3.44. The number of carbonyl (C=O) groups is 13. The van der Waals surface area contributed by atoms with Gasteiger partial charge >= 0.3 is 11.9 Å². The second kappa shape index (κ2) is 33.0. The number of carboxylic acid groups (broad SMARTS) is 2. The number of aliphatic hydroxyl groups is 2. The van der Waals surface area contributed by atoms with E-state index in [-0.39, 0.29) is 25.8 Å². The third kappa shape index (κ3) is 25.1. The van der Waals surface area contributed by atoms with E-state index in [9.17, 15) is 82.8 Å². The van der Waals surface area contributed by atoms with Crippen molar-refractivity contribution in [3.63, 3.8) is 0 Å². The summed E-state index contributed by atoms with van der Waals surface area (Å²) in [7, 11) is 0. The molecule has 0 aromatic carbocycles. The van der Waals surface area contributed by atoms with Crippen LogP contribution in [0.5, 0.6) is 0 Å². The molecular formula is C40H69N13O17S. The number of carboxylic acids is 2. The number of hydrogen-bond donors (Lipinski definition) is 18. The molecule has 0 radical (unpaired) electrons. The summed E-state index contributed by atoms with van der Waals surface area (Å²) in [5, 5.41) is 56.0. The minimum Gasteiger partial charge on any atom is -0.481 e. The first kappa shape index (κ1) is 64.3. The summed E-state index contributed by atoms with van der Waals surface area (Å²) >= 11 is 3.98. The van der Waals surface area contributed by atoms with Crippen molar-refractivity contribution in [2.24, 2.45) is 34.6 Å². The van der Waals surface area contributed by atoms with Crippen molar-refractivity contribution in [2.45, 2.75) is 145 Å². The minimum absolute atomic E-state index is 0.104. The van der Waals surface area contributed by atoms with Gasteiger partial charge in [-0.25, -0.2) is 4.79 Å². The molecule has 0 saturated carbocycles. The van der Waals surface area contributed by atoms with E-state index in [1.807, 2.05) is 5.32 Å². The van der Waals surface area contributed by atoms with Crippen LogP contribution in [0.3, 0.4) is 0 Å². The number of nitrogens with one attached hydrogen (secondary N) is 8. The molecule has 31 heteroatoms. The number of hydrogen-bond acceptors (Lipinski definition) is 18. The van der Waals surface area contributed by atoms with Crippen molar-refractivity contribution in [1.82, 2.24) is 42.5 Å². The fourth-order valence-electron chi connectivity index (χ4n) is 6.05. The van der Waals surface area contributed by atoms with Gasteiger partial charge in [-0.15, -0.1) is 0 Å². The van der Waals surface area contributed by atoms with E-state index >= 15 is 0 Å². The SMILES string of the molecule is CC(C)[C@H](N)C(=O)N[C@H](C(=O)N[C@@H](CC(N)=O)C(=O)N[C@@H](CCC(N)=O)C(=O)N[C@@H](CCCCN)C(=O)N[C@@H](CCC(=O)O)C(=O)N[C@@H](CCC(N)=O)C(=O)N[C@@H](CS)C(=O)N[C@@H](CO)C(=O)O)[C@@H](C)O. The topological polar surface area (TPSA) is 529 Å². The predicted octanol–water partition coefficient (Wildman–Crippen LogP) is -8.36. The molecule has 0 saturated heterocycles. The van der Waals surface area contributed by atoms with Crippen molar-refractivity contribution in [3.8, 4) is 0 Å². The van der Waals surface area contributed by atoms with Gasteiger partial charge in [0.15, 0.2) is 0 Å². The molecule has 11 amide bonds. The van der Waals surface area contributed by atoms with Crippen molar-refractivity contribution in [1.29, 1.82) is 0 Å². The van der Waals surface area contributed by atoms with Crippen LogP contribution in [0.4, 0.5) is 0 Å². The van der Waals surface area contributed by atoms with E-state index in [0.717, 1.165) is 6.92 Å². The zero-order valence-electron chi connectivity index (χ0n) is 39.5. The number of nitrogens with two attached hydrogens (primary N) is 5. The second-order valence-corrected chi connectivity index (χ2v) is 16.9. The molecule has 22 N–H and O–H groups in total. The van der Waals surface area contributed by atoms with Crippen LogP contribution in [0.2, 0.25) is 0 Å². The van der Waals surface area contributed by atoms with Gasteiger partial charge < -0.3 is 91.6 Å². The van der Waals surface area contributed by atoms with Crippen LogP contribution >= 0.6 is 12.6 Å². The molecule has 0 bridgehead atoms. The van der Waals surface area contributed by atoms with E-state index in [1.165, 1.54) is 0 Å². The average molecular weight is 1040 g/mol. The molecule has 0 aliphatic carbocycles. The highest BCUT2D eigenvalue weighted by atomic mass is 32.1. The smallest absolute Gasteiger partial charge is 0.328 e. The van der Waals surface area contributed by atoms with Crippen LogP contribution in [0.1, 0.15) is 85.0 Å². The van der Waals surface area contributed by atoms with Gasteiger partial charge in [-0.1, -0.05) is 13.8 Å². The summed E-state index contributed by atoms with van der Waals surface area (Å²) in [6, 6.07) is -15.0. The Morgan fingerprint density at radius 3 is 1.23 bits per heavy atom. The Kier molecular flexibility index (Phi) is 29.9. The first-order valence-corrected chi connectivity index (χ1v) is 22.8. The lowest BCUT2D eigenvalue weighted by Crippen LogP contribution is -2.61. The van der Waals surface area contributed by atoms with E-state index in [1.54, 1.807) is 13.8 Å². The van der Waals surface area contributed by atoms with Crippen molar-refractivity contribution >= 4 is 89.5 Å². The van der Waals surface area contributed by atoms with Gasteiger partial charge in [-0.2, -0.15) is 12.6 Å². The molecule has 0 aliphatic heterocycles. The first-order chi connectivity index (χ1) is 33.1. The lowest BCUT2D eigenvalue weighted by molar-refractivity contribution is -0.143. The summed E-state index contributed by atoms with van der Waals surface area (Å²) in [5.74, 6) is -16.0. The fourth-order valence-corrected chi connectivity index (χ4v) is 6.31. The number of carbonyl (C=O) groups excluding carboxylic acids is 11. The predicted molar refractivity (Wildman–Crippen MR) is 249 cm³/mol. The number of rotatable bonds is 36. The lowest BCUT2D eigenvalue weighted by Gasteiger charge is -2.28. The summed E-state index contributed by atoms with van der Waals surface area (Å²) < 4.78 is 0. The van der Waals surface area contributed by atoms with Gasteiger partial charge in [-0.3, -0.25) is 57.5 Å². The van der Waals surface area contributed by atoms with E-state index < -0.39 is 201 Å². The Bertz CT molecular complexity index is 1910. The molecule has 0 aliphatic rings. The Hall–Kier alpha value is -6.70. The highest BCUT2D eigenvalue weighted by Gasteiger charge is 2.36. The number of aliphatic hydroxyl groups excluding tert-OH is 2. The molecule has 0 aromatic rings. The molecule has 402 valence electrons. The monoisotopic (exact) mass is 1040 g/mol. The highest BCUT2D eigenvalue weighted by Crippen LogP contribution is 2.10. The van der Waals surface area contributed by atoms with Crippen LogP contribution in [0, 0.1) is 5.92 Å². The molecule has 0 spiro atoms. The maximum atomic E-state index is 14.0. The number of amides is 11. The highest BCUT2D eigenvalue weighted by molar-refractivity contribution is 7.80. The normalized spacial score (nSPS) is 15.2. The quantitative estimate of drug-likeness (QED) is 0.0205. The van der Waals surface area contributed by atoms with Crippen molar-refractivity contribution in [3.05, 3.63) is 0 Å². The standard InChI is InChI=1S/C40H69N13O17S/c1-17(2)30(45)38(67)53-31(18(3)55)39(68)50-23(14-28(44)58)36(65)49-20(7-10-26(42)56)33(62)46-19(6-4-5-13-41)32(61)48-22(9-12-29(59)60)34(63)47-21(8-11-27(43)57)35(64)52-25(16-71)37(66)51-24(15-54)40(69)70/h17-25,30-31,54-55,71H,4-16,41,45H2,1-3H3,(H2,42,56)(H2,43,57)(H2,44,58)(H,46,62)(H,47,63)(H,48,61)(H,49,65)(H,50,68)(H,51,66)(H,52,64)(H,53,67)(H,59,60)(H,69,70)/t18-,19+,20+,21+,22+,23+,24+,25+,30+,31+/m1/s1. The van der Waals surface area contributed by atoms with Gasteiger partial charge in [0.05, 0.1) is 25.2 Å². The van der Waals surface area contributed by atoms with E-state index in [4.69, 9.17) is 28.7 Å². The zero-order valence-corrected chi connectivity index (χ0v) is 40.4. The van der Waals surface area contributed by atoms with Crippen LogP contribution in [0.25, 0.3) is 0 Å². The van der Waals surface area contributed by atoms with Crippen molar-refractivity contribution < 1.29 is 82.8 Å². The minimum atomic E-state index is -1.87. The molecule has 71 heavy (non-hydrogen) atoms. The van der Waals surface area contributed by atoms with Crippen LogP contribution in [-0.4, -0.2) is 177 Å². The molecule has 0 aromatic heterocycles. The summed E-state index contributed by atoms with van der Waals surface area (Å²) in [4.78, 5) is 166. The molecular weight excluding hydrogens is 967 g/mol. The Balaban J connectivity index is 6.81. The molecule has 0 fully saturated rings. The molecule has 10 atom stereocenters. The first-order valence-electron chi connectivity index (χ1n) is 22.2. The maximum Gasteiger partial charge on any atom is 0.328 e. The van der Waals surface area contributed by atoms with Crippen LogP contribution in [-0.2, 0) is 62.3 Å². The summed E-state index contributed by atoms with van der Waals surface area (Å²) in [5.41, 5.74) is 27.4. The van der Waals surface area contributed by atoms with Gasteiger partial charge in [0, 0.05) is 25.0 Å². The zero-order chi connectivity index (χ0) is 54.7. The molecule has 0 rings (SSSR count). The van der Waals surface area contributed by atoms with Crippen molar-refractivity contribution in [2.75, 3.05) is 18.9 Å². The van der Waals surface area contributed by atoms with Crippen LogP contribution in [0.15, 0.2) is 0 Å². The van der Waals surface area contributed by atoms with Gasteiger partial charge in [0.2, 0.25) is 65.0 Å². The number of unbranched alkanes of at least 4 members (excludes halogenated alkanes) is 1. The third-order valence-electron chi connectivity index (χ3n) is 10.2. The largest absolute Gasteiger partial charge is 0.481 e. The van der Waals surface area contributed by atoms with Gasteiger partial charge in [-0.05, 0) is 57.9 Å². The lowest BCUT2D eigenvalue weighted by atomic mass is 10.0. The average Bonchev–Trinajstić information content (AvgIpc) is 3.28. The molecule has 30 nitrogen and oxygen atoms in total. The van der Waals surface area contributed by atoms with E-state index in [2.05, 4.69) is 49.8 Å². The van der Waals surface area contributed by atoms with Gasteiger partial charge in [0.25, 0.3) is 0 Å². The molecule has 0 unspecified atom stereocenters. The summed E-state index contributed by atoms with van der Waals surface area (Å²) in [6.07, 6.45) is -5.86. The molecule has 0 heterocycles. The van der Waals surface area contributed by atoms with E-state index in [0.29, 0.717) is 0 Å². The Labute approximate surface area is 413 Å². The number of aliphatic carboxylic acids is 2. The number of primary amides is 3. The third-order valence-corrected chi connectivity index (χ3v) is 10.6. The Morgan fingerprint density at radius 2 is 0.873 bits per heavy atom. The van der Waals surface area contributed by atoms with Gasteiger partial charge in [0.1, 0.15) is 48.3 Å². The van der Waals surface area contributed by atoms with Crippen LogP contribution < -0.4 is 71.2 Å².